The Labute approximate surface area is 147 Å². The van der Waals surface area contributed by atoms with E-state index < -0.39 is 0 Å². The van der Waals surface area contributed by atoms with Gasteiger partial charge in [-0.3, -0.25) is 4.79 Å². The van der Waals surface area contributed by atoms with E-state index in [4.69, 9.17) is 9.47 Å². The van der Waals surface area contributed by atoms with Crippen LogP contribution in [0.15, 0.2) is 54.6 Å². The zero-order chi connectivity index (χ0) is 18.1. The lowest BCUT2D eigenvalue weighted by molar-refractivity contribution is -0.111. The minimum atomic E-state index is -0.365. The average Bonchev–Trinajstić information content (AvgIpc) is 2.65. The molecule has 0 atom stereocenters. The summed E-state index contributed by atoms with van der Waals surface area (Å²) < 4.78 is 10.3. The van der Waals surface area contributed by atoms with E-state index in [2.05, 4.69) is 5.32 Å². The van der Waals surface area contributed by atoms with E-state index in [0.29, 0.717) is 23.6 Å². The van der Waals surface area contributed by atoms with Gasteiger partial charge in [0.05, 0.1) is 19.3 Å². The van der Waals surface area contributed by atoms with Crippen LogP contribution in [0.3, 0.4) is 0 Å². The molecule has 2 aromatic rings. The molecule has 0 bridgehead atoms. The van der Waals surface area contributed by atoms with Gasteiger partial charge in [-0.25, -0.2) is 4.79 Å². The van der Waals surface area contributed by atoms with Gasteiger partial charge in [-0.15, -0.1) is 0 Å². The summed E-state index contributed by atoms with van der Waals surface area (Å²) in [5.74, 6) is 0.0597. The zero-order valence-corrected chi connectivity index (χ0v) is 14.3. The molecule has 0 aromatic heterocycles. The second kappa shape index (κ2) is 9.27. The first-order valence-electron chi connectivity index (χ1n) is 8.03. The molecule has 0 saturated heterocycles. The zero-order valence-electron chi connectivity index (χ0n) is 14.3. The number of carbonyl (C=O) groups excluding carboxylic acids is 2. The molecule has 2 rings (SSSR count). The van der Waals surface area contributed by atoms with Gasteiger partial charge in [0, 0.05) is 17.3 Å². The molecule has 1 amide bonds. The van der Waals surface area contributed by atoms with Gasteiger partial charge in [-0.2, -0.15) is 0 Å². The highest BCUT2D eigenvalue weighted by Crippen LogP contribution is 2.18. The van der Waals surface area contributed by atoms with E-state index in [9.17, 15) is 9.59 Å². The van der Waals surface area contributed by atoms with Crippen molar-refractivity contribution in [2.24, 2.45) is 0 Å². The van der Waals surface area contributed by atoms with Crippen molar-refractivity contribution in [3.8, 4) is 5.75 Å². The Kier molecular flexibility index (Phi) is 6.77. The van der Waals surface area contributed by atoms with Gasteiger partial charge in [0.1, 0.15) is 5.75 Å². The van der Waals surface area contributed by atoms with Crippen molar-refractivity contribution in [1.29, 1.82) is 0 Å². The van der Waals surface area contributed by atoms with Crippen LogP contribution in [-0.2, 0) is 9.53 Å². The number of hydrogen-bond donors (Lipinski definition) is 1. The monoisotopic (exact) mass is 339 g/mol. The van der Waals surface area contributed by atoms with Crippen LogP contribution in [-0.4, -0.2) is 25.6 Å². The Morgan fingerprint density at radius 2 is 1.80 bits per heavy atom. The number of ether oxygens (including phenoxy) is 2. The fourth-order valence-electron chi connectivity index (χ4n) is 2.12. The molecule has 0 heterocycles. The summed E-state index contributed by atoms with van der Waals surface area (Å²) >= 11 is 0. The van der Waals surface area contributed by atoms with E-state index >= 15 is 0 Å². The maximum atomic E-state index is 12.0. The first-order chi connectivity index (χ1) is 12.1. The number of anilines is 1. The Hall–Kier alpha value is -3.08. The van der Waals surface area contributed by atoms with Crippen molar-refractivity contribution >= 4 is 23.6 Å². The number of benzene rings is 2. The quantitative estimate of drug-likeness (QED) is 0.613. The summed E-state index contributed by atoms with van der Waals surface area (Å²) in [5, 5.41) is 2.74. The first kappa shape index (κ1) is 18.3. The van der Waals surface area contributed by atoms with Gasteiger partial charge in [0.25, 0.3) is 0 Å². The van der Waals surface area contributed by atoms with Crippen LogP contribution in [0, 0.1) is 0 Å². The van der Waals surface area contributed by atoms with Gasteiger partial charge in [-0.1, -0.05) is 25.1 Å². The standard InChI is InChI=1S/C20H21NO4/c1-3-14-25-20(23)16-8-11-17(12-9-16)21-19(22)13-10-15-6-4-5-7-18(15)24-2/h4-13H,3,14H2,1-2H3,(H,21,22)/b13-10+. The summed E-state index contributed by atoms with van der Waals surface area (Å²) in [4.78, 5) is 23.7. The summed E-state index contributed by atoms with van der Waals surface area (Å²) in [6.07, 6.45) is 3.89. The molecular formula is C20H21NO4. The second-order valence-corrected chi connectivity index (χ2v) is 5.28. The van der Waals surface area contributed by atoms with E-state index in [1.807, 2.05) is 31.2 Å². The fraction of sp³-hybridized carbons (Fsp3) is 0.200. The SMILES string of the molecule is CCCOC(=O)c1ccc(NC(=O)/C=C/c2ccccc2OC)cc1. The van der Waals surface area contributed by atoms with Gasteiger partial charge in [-0.05, 0) is 42.8 Å². The smallest absolute Gasteiger partial charge is 0.338 e. The molecule has 0 aliphatic carbocycles. The molecule has 2 aromatic carbocycles. The second-order valence-electron chi connectivity index (χ2n) is 5.28. The van der Waals surface area contributed by atoms with Crippen molar-refractivity contribution in [2.75, 3.05) is 19.0 Å². The van der Waals surface area contributed by atoms with Crippen LogP contribution >= 0.6 is 0 Å². The summed E-state index contributed by atoms with van der Waals surface area (Å²) in [6, 6.07) is 14.0. The fourth-order valence-corrected chi connectivity index (χ4v) is 2.12. The largest absolute Gasteiger partial charge is 0.496 e. The summed E-state index contributed by atoms with van der Waals surface area (Å²) in [5.41, 5.74) is 1.87. The highest BCUT2D eigenvalue weighted by molar-refractivity contribution is 6.02. The lowest BCUT2D eigenvalue weighted by Gasteiger charge is -2.06. The van der Waals surface area contributed by atoms with Gasteiger partial charge in [0.15, 0.2) is 0 Å². The third-order valence-corrected chi connectivity index (χ3v) is 3.38. The molecule has 0 unspecified atom stereocenters. The number of esters is 1. The summed E-state index contributed by atoms with van der Waals surface area (Å²) in [7, 11) is 1.58. The van der Waals surface area contributed by atoms with Crippen LogP contribution in [0.2, 0.25) is 0 Å². The van der Waals surface area contributed by atoms with Crippen molar-refractivity contribution < 1.29 is 19.1 Å². The van der Waals surface area contributed by atoms with Crippen LogP contribution in [0.25, 0.3) is 6.08 Å². The highest BCUT2D eigenvalue weighted by Gasteiger charge is 2.07. The molecule has 0 saturated carbocycles. The Morgan fingerprint density at radius 3 is 2.48 bits per heavy atom. The number of carbonyl (C=O) groups is 2. The molecule has 0 aliphatic rings. The van der Waals surface area contributed by atoms with E-state index in [-0.39, 0.29) is 11.9 Å². The Balaban J connectivity index is 1.96. The molecule has 25 heavy (non-hydrogen) atoms. The first-order valence-corrected chi connectivity index (χ1v) is 8.03. The minimum absolute atomic E-state index is 0.271. The van der Waals surface area contributed by atoms with Gasteiger partial charge < -0.3 is 14.8 Å². The normalized spacial score (nSPS) is 10.5. The topological polar surface area (TPSA) is 64.6 Å². The molecule has 0 fully saturated rings. The van der Waals surface area contributed by atoms with Crippen LogP contribution in [0.5, 0.6) is 5.75 Å². The molecule has 1 N–H and O–H groups in total. The van der Waals surface area contributed by atoms with Crippen molar-refractivity contribution in [2.45, 2.75) is 13.3 Å². The number of para-hydroxylation sites is 1. The van der Waals surface area contributed by atoms with Gasteiger partial charge in [0.2, 0.25) is 5.91 Å². The van der Waals surface area contributed by atoms with E-state index in [1.165, 1.54) is 6.08 Å². The van der Waals surface area contributed by atoms with Crippen molar-refractivity contribution in [3.05, 3.63) is 65.7 Å². The number of hydrogen-bond acceptors (Lipinski definition) is 4. The van der Waals surface area contributed by atoms with E-state index in [0.717, 1.165) is 12.0 Å². The molecular weight excluding hydrogens is 318 g/mol. The number of amides is 1. The Bertz CT molecular complexity index is 751. The summed E-state index contributed by atoms with van der Waals surface area (Å²) in [6.45, 7) is 2.33. The third kappa shape index (κ3) is 5.49. The predicted molar refractivity (Wildman–Crippen MR) is 97.7 cm³/mol. The molecule has 0 spiro atoms. The number of nitrogens with one attached hydrogen (secondary N) is 1. The predicted octanol–water partition coefficient (Wildman–Crippen LogP) is 3.91. The van der Waals surface area contributed by atoms with Crippen LogP contribution in [0.4, 0.5) is 5.69 Å². The maximum absolute atomic E-state index is 12.0. The number of methoxy groups -OCH3 is 1. The lowest BCUT2D eigenvalue weighted by atomic mass is 10.2. The van der Waals surface area contributed by atoms with Crippen molar-refractivity contribution in [3.63, 3.8) is 0 Å². The minimum Gasteiger partial charge on any atom is -0.496 e. The third-order valence-electron chi connectivity index (χ3n) is 3.38. The Morgan fingerprint density at radius 1 is 1.08 bits per heavy atom. The molecule has 5 heteroatoms. The molecule has 130 valence electrons. The molecule has 0 aliphatic heterocycles. The number of rotatable bonds is 7. The van der Waals surface area contributed by atoms with Crippen molar-refractivity contribution in [1.82, 2.24) is 0 Å². The van der Waals surface area contributed by atoms with E-state index in [1.54, 1.807) is 37.5 Å². The van der Waals surface area contributed by atoms with Crippen LogP contribution < -0.4 is 10.1 Å². The maximum Gasteiger partial charge on any atom is 0.338 e. The highest BCUT2D eigenvalue weighted by atomic mass is 16.5. The lowest BCUT2D eigenvalue weighted by Crippen LogP contribution is -2.09. The van der Waals surface area contributed by atoms with Crippen LogP contribution in [0.1, 0.15) is 29.3 Å². The van der Waals surface area contributed by atoms with Gasteiger partial charge >= 0.3 is 5.97 Å². The molecule has 0 radical (unpaired) electrons. The average molecular weight is 339 g/mol. The molecule has 5 nitrogen and oxygen atoms in total.